The molecular formula is C55H69Cl6NO18Si. The molecule has 1 aliphatic heterocycles. The second kappa shape index (κ2) is 25.2. The third kappa shape index (κ3) is 14.4. The highest BCUT2D eigenvalue weighted by Crippen LogP contribution is 2.65. The summed E-state index contributed by atoms with van der Waals surface area (Å²) in [7, 11) is -2.88. The lowest BCUT2D eigenvalue weighted by atomic mass is 9.44. The van der Waals surface area contributed by atoms with Crippen LogP contribution in [-0.4, -0.2) is 136 Å². The lowest BCUT2D eigenvalue weighted by Crippen LogP contribution is -2.82. The molecule has 0 aromatic heterocycles. The maximum atomic E-state index is 16.6. The first kappa shape index (κ1) is 66.1. The number of nitrogens with one attached hydrogen (secondary N) is 1. The van der Waals surface area contributed by atoms with E-state index in [2.05, 4.69) is 5.32 Å². The minimum atomic E-state index is -2.88. The number of aliphatic hydroxyl groups is 1. The van der Waals surface area contributed by atoms with E-state index in [4.69, 9.17) is 117 Å². The van der Waals surface area contributed by atoms with E-state index in [0.29, 0.717) is 23.7 Å². The van der Waals surface area contributed by atoms with Crippen LogP contribution >= 0.6 is 69.6 Å². The third-order valence-corrected chi connectivity index (χ3v) is 21.2. The van der Waals surface area contributed by atoms with E-state index < -0.39 is 167 Å². The molecule has 2 aromatic carbocycles. The molecule has 0 spiro atoms. The Morgan fingerprint density at radius 2 is 1.35 bits per heavy atom. The summed E-state index contributed by atoms with van der Waals surface area (Å²) >= 11 is 35.8. The van der Waals surface area contributed by atoms with E-state index >= 15 is 9.59 Å². The Morgan fingerprint density at radius 3 is 1.84 bits per heavy atom. The molecule has 2 saturated carbocycles. The Labute approximate surface area is 501 Å². The van der Waals surface area contributed by atoms with Gasteiger partial charge in [0, 0.05) is 25.2 Å². The van der Waals surface area contributed by atoms with Crippen molar-refractivity contribution >= 4 is 120 Å². The van der Waals surface area contributed by atoms with Gasteiger partial charge in [0.05, 0.1) is 29.5 Å². The first-order valence-corrected chi connectivity index (χ1v) is 31.1. The fourth-order valence-corrected chi connectivity index (χ4v) is 14.8. The van der Waals surface area contributed by atoms with Gasteiger partial charge in [-0.3, -0.25) is 9.59 Å². The summed E-state index contributed by atoms with van der Waals surface area (Å²) in [5.74, 6) is -5.94. The molecule has 1 amide bonds. The van der Waals surface area contributed by atoms with Crippen LogP contribution in [0.2, 0.25) is 18.1 Å². The quantitative estimate of drug-likeness (QED) is 0.0491. The van der Waals surface area contributed by atoms with Crippen molar-refractivity contribution in [1.82, 2.24) is 5.32 Å². The number of alkyl carbamates (subject to hydrolysis) is 1. The smallest absolute Gasteiger partial charge is 0.456 e. The van der Waals surface area contributed by atoms with Gasteiger partial charge in [-0.1, -0.05) is 153 Å². The Balaban J connectivity index is 1.67. The van der Waals surface area contributed by atoms with E-state index in [0.717, 1.165) is 6.92 Å². The van der Waals surface area contributed by atoms with Gasteiger partial charge in [-0.25, -0.2) is 24.0 Å². The average molecular weight is 1270 g/mol. The largest absolute Gasteiger partial charge is 0.509 e. The standard InChI is InChI=1S/C55H69Cl6NO18Si/c1-12-81(13-2,14-3)80-40(38(32-21-17-15-18-22-32)62-46(67)79-49(6,7)8)45(66)74-34-26-53(70)43(77-44(65)33-23-19-16-20-24-33)41-51(11,42(64)39(37(30(34)4)50(53,9)10)76-48(69)73-29-55(59,60)61)35(75-47(68)72-28-54(56,57)58)25-36-52(41,27-71-36)78-31(5)63/h15-24,34-36,38-41,43,70H,12-14,25-29H2,1-11H3,(H,62,67)/t34-,35-,36+,38-,39+,40+,41-,43-,51+,52-,53+/m0/s1. The van der Waals surface area contributed by atoms with Crippen molar-refractivity contribution in [3.63, 3.8) is 0 Å². The predicted octanol–water partition coefficient (Wildman–Crippen LogP) is 11.4. The number of hydrogen-bond donors (Lipinski definition) is 2. The Bertz CT molecular complexity index is 2690. The molecule has 3 fully saturated rings. The number of halogens is 6. The molecule has 81 heavy (non-hydrogen) atoms. The molecule has 3 aliphatic carbocycles. The zero-order chi connectivity index (χ0) is 60.5. The van der Waals surface area contributed by atoms with Crippen molar-refractivity contribution in [2.24, 2.45) is 16.7 Å². The molecule has 1 heterocycles. The lowest BCUT2D eigenvalue weighted by Gasteiger charge is -2.67. The van der Waals surface area contributed by atoms with Gasteiger partial charge >= 0.3 is 36.3 Å². The minimum Gasteiger partial charge on any atom is -0.456 e. The number of ketones is 1. The van der Waals surface area contributed by atoms with Gasteiger partial charge in [0.2, 0.25) is 7.59 Å². The van der Waals surface area contributed by atoms with Crippen LogP contribution in [0, 0.1) is 16.7 Å². The molecule has 0 unspecified atom stereocenters. The first-order valence-electron chi connectivity index (χ1n) is 26.3. The number of rotatable bonds is 17. The number of hydrogen-bond acceptors (Lipinski definition) is 18. The highest BCUT2D eigenvalue weighted by Gasteiger charge is 2.79. The summed E-state index contributed by atoms with van der Waals surface area (Å²) in [4.78, 5) is 102. The SMILES string of the molecule is CC[Si](CC)(CC)O[C@@H](C(=O)O[C@H]1C[C@@]2(O)[C@@H](OC(=O)c3ccccc3)[C@@H]3[C@]4(OC(C)=O)CO[C@@H]4C[C@H](OC(=O)OCC(Cl)(Cl)Cl)[C@@]3(C)C(=O)[C@H](OC(=O)OCC(Cl)(Cl)Cl)C(=C1C)C2(C)C)[C@@H](NC(=O)OC(C)(C)C)c1ccccc1. The number of ether oxygens (including phenoxy) is 9. The highest BCUT2D eigenvalue weighted by atomic mass is 35.6. The molecule has 2 aromatic rings. The van der Waals surface area contributed by atoms with Gasteiger partial charge in [0.25, 0.3) is 0 Å². The van der Waals surface area contributed by atoms with Crippen molar-refractivity contribution in [3.05, 3.63) is 82.9 Å². The van der Waals surface area contributed by atoms with Crippen LogP contribution in [0.3, 0.4) is 0 Å². The average Bonchev–Trinajstić information content (AvgIpc) is 3.54. The van der Waals surface area contributed by atoms with Crippen molar-refractivity contribution in [3.8, 4) is 0 Å². The van der Waals surface area contributed by atoms with E-state index in [1.54, 1.807) is 69.3 Å². The molecule has 19 nitrogen and oxygen atoms in total. The molecule has 4 aliphatic rings. The van der Waals surface area contributed by atoms with Gasteiger partial charge in [-0.15, -0.1) is 0 Å². The summed E-state index contributed by atoms with van der Waals surface area (Å²) in [6.07, 6.45) is -15.6. The highest BCUT2D eigenvalue weighted by molar-refractivity contribution is 6.73. The summed E-state index contributed by atoms with van der Waals surface area (Å²) < 4.78 is 56.4. The van der Waals surface area contributed by atoms with E-state index in [1.165, 1.54) is 39.8 Å². The zero-order valence-corrected chi connectivity index (χ0v) is 52.2. The normalized spacial score (nSPS) is 27.9. The molecule has 11 atom stereocenters. The van der Waals surface area contributed by atoms with Gasteiger partial charge in [-0.05, 0) is 81.6 Å². The number of Topliss-reactive ketones (excluding diaryl/α,β-unsaturated/α-hetero) is 1. The number of esters is 3. The Morgan fingerprint density at radius 1 is 0.802 bits per heavy atom. The second-order valence-electron chi connectivity index (χ2n) is 22.4. The number of amides is 1. The monoisotopic (exact) mass is 1270 g/mol. The van der Waals surface area contributed by atoms with Crippen LogP contribution in [0.4, 0.5) is 14.4 Å². The minimum absolute atomic E-state index is 0.0284. The van der Waals surface area contributed by atoms with Crippen molar-refractivity contribution in [2.75, 3.05) is 19.8 Å². The number of carbonyl (C=O) groups excluding carboxylic acids is 7. The van der Waals surface area contributed by atoms with Crippen molar-refractivity contribution < 1.29 is 85.7 Å². The van der Waals surface area contributed by atoms with Crippen molar-refractivity contribution in [2.45, 2.75) is 174 Å². The summed E-state index contributed by atoms with van der Waals surface area (Å²) in [6, 6.07) is 16.5. The molecule has 2 bridgehead atoms. The summed E-state index contributed by atoms with van der Waals surface area (Å²) in [5.41, 5.74) is -9.72. The number of carbonyl (C=O) groups is 7. The van der Waals surface area contributed by atoms with Gasteiger partial charge in [-0.2, -0.15) is 0 Å². The maximum absolute atomic E-state index is 16.6. The molecule has 6 rings (SSSR count). The fraction of sp³-hybridized carbons (Fsp3) is 0.618. The molecule has 1 saturated heterocycles. The van der Waals surface area contributed by atoms with Gasteiger partial charge < -0.3 is 57.5 Å². The van der Waals surface area contributed by atoms with E-state index in [-0.39, 0.29) is 16.7 Å². The number of fused-ring (bicyclic) bond motifs is 5. The topological polar surface area (TPSA) is 244 Å². The Kier molecular flexibility index (Phi) is 20.6. The molecule has 448 valence electrons. The predicted molar refractivity (Wildman–Crippen MR) is 301 cm³/mol. The van der Waals surface area contributed by atoms with Crippen LogP contribution in [0.1, 0.15) is 111 Å². The molecular weight excluding hydrogens is 1200 g/mol. The van der Waals surface area contributed by atoms with E-state index in [9.17, 15) is 29.1 Å². The van der Waals surface area contributed by atoms with Crippen LogP contribution in [-0.2, 0) is 61.4 Å². The van der Waals surface area contributed by atoms with Crippen LogP contribution in [0.5, 0.6) is 0 Å². The first-order chi connectivity index (χ1) is 37.5. The van der Waals surface area contributed by atoms with Crippen LogP contribution < -0.4 is 5.32 Å². The molecule has 0 radical (unpaired) electrons. The fourth-order valence-electron chi connectivity index (χ4n) is 11.7. The number of alkyl halides is 6. The van der Waals surface area contributed by atoms with Crippen LogP contribution in [0.25, 0.3) is 0 Å². The molecule has 2 N–H and O–H groups in total. The second-order valence-corrected chi connectivity index (χ2v) is 32.2. The third-order valence-electron chi connectivity index (χ3n) is 16.0. The summed E-state index contributed by atoms with van der Waals surface area (Å²) in [5, 5.41) is 17.2. The van der Waals surface area contributed by atoms with E-state index in [1.807, 2.05) is 20.8 Å². The van der Waals surface area contributed by atoms with Crippen LogP contribution in [0.15, 0.2) is 71.8 Å². The van der Waals surface area contributed by atoms with Gasteiger partial charge in [0.15, 0.2) is 31.9 Å². The lowest BCUT2D eigenvalue weighted by molar-refractivity contribution is -0.346. The van der Waals surface area contributed by atoms with Gasteiger partial charge in [0.1, 0.15) is 48.8 Å². The number of benzene rings is 2. The Hall–Kier alpha value is -4.09. The summed E-state index contributed by atoms with van der Waals surface area (Å²) in [6.45, 7) is 15.5. The maximum Gasteiger partial charge on any atom is 0.509 e. The van der Waals surface area contributed by atoms with Crippen molar-refractivity contribution in [1.29, 1.82) is 0 Å². The zero-order valence-electron chi connectivity index (χ0n) is 46.7. The molecule has 26 heteroatoms.